The summed E-state index contributed by atoms with van der Waals surface area (Å²) in [5.74, 6) is -0.124. The topological polar surface area (TPSA) is 66.5 Å². The van der Waals surface area contributed by atoms with Crippen LogP contribution in [0.4, 0.5) is 15.8 Å². The number of halogens is 1. The van der Waals surface area contributed by atoms with Crippen molar-refractivity contribution >= 4 is 27.3 Å². The highest BCUT2D eigenvalue weighted by molar-refractivity contribution is 7.92. The van der Waals surface area contributed by atoms with Gasteiger partial charge in [-0.25, -0.2) is 12.8 Å². The number of sulfonamides is 1. The number of anilines is 2. The minimum absolute atomic E-state index is 0.0161. The summed E-state index contributed by atoms with van der Waals surface area (Å²) in [6.07, 6.45) is 2.62. The van der Waals surface area contributed by atoms with E-state index in [4.69, 9.17) is 0 Å². The Labute approximate surface area is 151 Å². The summed E-state index contributed by atoms with van der Waals surface area (Å²) >= 11 is 0. The molecule has 1 fully saturated rings. The van der Waals surface area contributed by atoms with Gasteiger partial charge in [-0.3, -0.25) is 9.52 Å². The van der Waals surface area contributed by atoms with Crippen molar-refractivity contribution in [1.29, 1.82) is 0 Å². The molecule has 26 heavy (non-hydrogen) atoms. The van der Waals surface area contributed by atoms with Gasteiger partial charge in [0, 0.05) is 23.8 Å². The van der Waals surface area contributed by atoms with Gasteiger partial charge in [0.1, 0.15) is 5.82 Å². The Balaban J connectivity index is 1.57. The Hall–Kier alpha value is -2.41. The molecule has 2 aliphatic rings. The average molecular weight is 374 g/mol. The van der Waals surface area contributed by atoms with Crippen LogP contribution < -0.4 is 9.62 Å². The summed E-state index contributed by atoms with van der Waals surface area (Å²) in [4.78, 5) is 14.1. The van der Waals surface area contributed by atoms with E-state index in [1.807, 2.05) is 0 Å². The molecule has 0 unspecified atom stereocenters. The van der Waals surface area contributed by atoms with E-state index in [2.05, 4.69) is 4.72 Å². The van der Waals surface area contributed by atoms with Gasteiger partial charge in [-0.1, -0.05) is 0 Å². The normalized spacial score (nSPS) is 16.5. The van der Waals surface area contributed by atoms with Gasteiger partial charge in [0.25, 0.3) is 10.0 Å². The first kappa shape index (κ1) is 17.0. The highest BCUT2D eigenvalue weighted by atomic mass is 32.2. The second kappa shape index (κ2) is 6.09. The maximum absolute atomic E-state index is 13.4. The molecule has 0 bridgehead atoms. The lowest BCUT2D eigenvalue weighted by Gasteiger charge is -2.17. The molecule has 2 aromatic carbocycles. The van der Waals surface area contributed by atoms with Crippen LogP contribution in [0.5, 0.6) is 0 Å². The Kier molecular flexibility index (Phi) is 3.99. The Morgan fingerprint density at radius 3 is 2.65 bits per heavy atom. The van der Waals surface area contributed by atoms with Crippen molar-refractivity contribution in [1.82, 2.24) is 0 Å². The number of nitrogens with zero attached hydrogens (tertiary/aromatic N) is 1. The van der Waals surface area contributed by atoms with E-state index in [0.29, 0.717) is 18.7 Å². The van der Waals surface area contributed by atoms with Gasteiger partial charge < -0.3 is 4.90 Å². The average Bonchev–Trinajstić information content (AvgIpc) is 3.36. The summed E-state index contributed by atoms with van der Waals surface area (Å²) in [6, 6.07) is 8.91. The van der Waals surface area contributed by atoms with Crippen LogP contribution in [0.3, 0.4) is 0 Å². The van der Waals surface area contributed by atoms with Gasteiger partial charge >= 0.3 is 0 Å². The molecule has 1 heterocycles. The quantitative estimate of drug-likeness (QED) is 0.893. The number of aryl methyl sites for hydroxylation is 1. The number of amides is 1. The van der Waals surface area contributed by atoms with Crippen LogP contribution in [0.25, 0.3) is 0 Å². The highest BCUT2D eigenvalue weighted by Crippen LogP contribution is 2.37. The molecular formula is C19H19FN2O3S. The molecule has 4 rings (SSSR count). The van der Waals surface area contributed by atoms with Gasteiger partial charge in [-0.15, -0.1) is 0 Å². The second-order valence-corrected chi connectivity index (χ2v) is 8.56. The molecule has 1 aliphatic heterocycles. The number of carbonyl (C=O) groups is 1. The Morgan fingerprint density at radius 1 is 1.19 bits per heavy atom. The maximum atomic E-state index is 13.4. The molecule has 136 valence electrons. The van der Waals surface area contributed by atoms with Crippen molar-refractivity contribution in [3.05, 3.63) is 53.3 Å². The highest BCUT2D eigenvalue weighted by Gasteiger charge is 2.36. The van der Waals surface area contributed by atoms with E-state index in [1.54, 1.807) is 23.1 Å². The number of fused-ring (bicyclic) bond motifs is 1. The van der Waals surface area contributed by atoms with Gasteiger partial charge in [0.2, 0.25) is 5.91 Å². The molecule has 1 aliphatic carbocycles. The summed E-state index contributed by atoms with van der Waals surface area (Å²) in [5, 5.41) is 0. The van der Waals surface area contributed by atoms with Crippen LogP contribution in [-0.2, 0) is 21.2 Å². The van der Waals surface area contributed by atoms with Crippen molar-refractivity contribution in [2.75, 3.05) is 16.2 Å². The van der Waals surface area contributed by atoms with Crippen molar-refractivity contribution in [3.63, 3.8) is 0 Å². The predicted octanol–water partition coefficient (Wildman–Crippen LogP) is 3.23. The van der Waals surface area contributed by atoms with Crippen molar-refractivity contribution in [2.45, 2.75) is 31.1 Å². The predicted molar refractivity (Wildman–Crippen MR) is 97.2 cm³/mol. The van der Waals surface area contributed by atoms with E-state index in [1.165, 1.54) is 19.1 Å². The van der Waals surface area contributed by atoms with Crippen LogP contribution in [0, 0.1) is 18.7 Å². The smallest absolute Gasteiger partial charge is 0.261 e. The van der Waals surface area contributed by atoms with Crippen LogP contribution in [0.1, 0.15) is 24.0 Å². The first-order valence-corrected chi connectivity index (χ1v) is 10.1. The summed E-state index contributed by atoms with van der Waals surface area (Å²) in [5.41, 5.74) is 2.53. The van der Waals surface area contributed by atoms with E-state index in [-0.39, 0.29) is 22.3 Å². The molecule has 0 aromatic heterocycles. The first-order valence-electron chi connectivity index (χ1n) is 8.58. The van der Waals surface area contributed by atoms with Crippen molar-refractivity contribution < 1.29 is 17.6 Å². The van der Waals surface area contributed by atoms with Gasteiger partial charge in [-0.2, -0.15) is 0 Å². The summed E-state index contributed by atoms with van der Waals surface area (Å²) in [7, 11) is -3.80. The number of hydrogen-bond donors (Lipinski definition) is 1. The SMILES string of the molecule is Cc1cc(S(=O)(=O)Nc2ccc3c(c2)CCN3C(=O)C2CC2)ccc1F. The standard InChI is InChI=1S/C19H19FN2O3S/c1-12-10-16(5-6-17(12)20)26(24,25)21-15-4-7-18-14(11-15)8-9-22(18)19(23)13-2-3-13/h4-7,10-11,13,21H,2-3,8-9H2,1H3. The van der Waals surface area contributed by atoms with E-state index < -0.39 is 15.8 Å². The van der Waals surface area contributed by atoms with E-state index >= 15 is 0 Å². The zero-order valence-electron chi connectivity index (χ0n) is 14.3. The molecule has 0 saturated heterocycles. The third kappa shape index (κ3) is 3.07. The molecule has 0 radical (unpaired) electrons. The fourth-order valence-electron chi connectivity index (χ4n) is 3.24. The van der Waals surface area contributed by atoms with Crippen LogP contribution in [0.15, 0.2) is 41.3 Å². The third-order valence-electron chi connectivity index (χ3n) is 4.86. The molecule has 2 aromatic rings. The zero-order chi connectivity index (χ0) is 18.5. The van der Waals surface area contributed by atoms with Crippen LogP contribution in [-0.4, -0.2) is 20.9 Å². The number of hydrogen-bond acceptors (Lipinski definition) is 3. The first-order chi connectivity index (χ1) is 12.3. The molecule has 0 spiro atoms. The molecule has 5 nitrogen and oxygen atoms in total. The minimum atomic E-state index is -3.80. The lowest BCUT2D eigenvalue weighted by Crippen LogP contribution is -2.30. The Bertz CT molecular complexity index is 1000. The monoisotopic (exact) mass is 374 g/mol. The van der Waals surface area contributed by atoms with Crippen LogP contribution in [0.2, 0.25) is 0 Å². The van der Waals surface area contributed by atoms with Crippen LogP contribution >= 0.6 is 0 Å². The largest absolute Gasteiger partial charge is 0.312 e. The third-order valence-corrected chi connectivity index (χ3v) is 6.24. The molecular weight excluding hydrogens is 355 g/mol. The molecule has 0 atom stereocenters. The molecule has 1 amide bonds. The Morgan fingerprint density at radius 2 is 1.96 bits per heavy atom. The van der Waals surface area contributed by atoms with Gasteiger partial charge in [0.05, 0.1) is 4.90 Å². The number of carbonyl (C=O) groups excluding carboxylic acids is 1. The minimum Gasteiger partial charge on any atom is -0.312 e. The van der Waals surface area contributed by atoms with E-state index in [9.17, 15) is 17.6 Å². The summed E-state index contributed by atoms with van der Waals surface area (Å²) < 4.78 is 41.0. The van der Waals surface area contributed by atoms with Gasteiger partial charge in [-0.05, 0) is 73.7 Å². The van der Waals surface area contributed by atoms with Crippen molar-refractivity contribution in [3.8, 4) is 0 Å². The molecule has 1 N–H and O–H groups in total. The number of rotatable bonds is 4. The molecule has 7 heteroatoms. The lowest BCUT2D eigenvalue weighted by atomic mass is 10.1. The van der Waals surface area contributed by atoms with Gasteiger partial charge in [0.15, 0.2) is 0 Å². The fourth-order valence-corrected chi connectivity index (χ4v) is 4.38. The lowest BCUT2D eigenvalue weighted by molar-refractivity contribution is -0.119. The number of nitrogens with one attached hydrogen (secondary N) is 1. The second-order valence-electron chi connectivity index (χ2n) is 6.87. The number of benzene rings is 2. The summed E-state index contributed by atoms with van der Waals surface area (Å²) in [6.45, 7) is 2.16. The van der Waals surface area contributed by atoms with Crippen molar-refractivity contribution in [2.24, 2.45) is 5.92 Å². The fraction of sp³-hybridized carbons (Fsp3) is 0.316. The maximum Gasteiger partial charge on any atom is 0.261 e. The molecule has 1 saturated carbocycles. The zero-order valence-corrected chi connectivity index (χ0v) is 15.1. The van der Waals surface area contributed by atoms with E-state index in [0.717, 1.165) is 30.2 Å².